The van der Waals surface area contributed by atoms with Gasteiger partial charge in [-0.2, -0.15) is 0 Å². The normalized spacial score (nSPS) is 33.4. The fourth-order valence-corrected chi connectivity index (χ4v) is 19.0. The van der Waals surface area contributed by atoms with E-state index in [0.717, 1.165) is 91.9 Å². The first-order valence-corrected chi connectivity index (χ1v) is 50.1. The molecular weight excluding hydrogens is 1860 g/mol. The summed E-state index contributed by atoms with van der Waals surface area (Å²) in [6.07, 6.45) is -28.6. The Bertz CT molecular complexity index is 3640. The molecule has 46 nitrogen and oxygen atoms in total. The monoisotopic (exact) mass is 2020 g/mol. The van der Waals surface area contributed by atoms with Gasteiger partial charge in [-0.15, -0.1) is 0 Å². The zero-order valence-corrected chi connectivity index (χ0v) is 81.5. The first kappa shape index (κ1) is 123. The molecular formula is C94H164N4O42. The molecule has 0 aliphatic carbocycles. The molecule has 6 fully saturated rings. The third-order valence-electron chi connectivity index (χ3n) is 26.8. The molecule has 0 bridgehead atoms. The lowest BCUT2D eigenvalue weighted by Gasteiger charge is -2.53. The van der Waals surface area contributed by atoms with Crippen LogP contribution in [0.4, 0.5) is 0 Å². The van der Waals surface area contributed by atoms with E-state index in [2.05, 4.69) is 35.1 Å². The summed E-state index contributed by atoms with van der Waals surface area (Å²) in [5, 5.41) is 261. The summed E-state index contributed by atoms with van der Waals surface area (Å²) < 4.78 is 72.0. The maximum atomic E-state index is 14.5. The largest absolute Gasteiger partial charge is 0.477 e. The SMILES string of the molecule is CCCCCCCCCCCCC/C=C\[C@@H](O)[C@H](CO[C@@H]1O[C@H](CO)[C@@H](O[C@@H]2O[C@H](CO)[C@H](O[C@@H]3O[C@H](CO)[C@H](O)[C@H](O)[C@H]3CC(C)=O)[C@H](O[C@]3(C(=O)O)C[C@H](O)[C@@H](NC(C)=O)C([C@H](O)[C@@H](CO)O[C@]4(C(=O)O)C[C@H](O)[C@@H](NC(C)=O)C([C@H](O)[C@@H](CO)O[C@]5(C(=O)O)C[C@H](O)[C@@H](NC(C)=O)C([C@H](O)[C@H](O)CO)O5)O4)O3)[C@H]2O)[C@H](O)[C@H]1O)NC(=O)CCCCCCCCCCCCCCCCCCCCC. The molecule has 6 saturated heterocycles. The fraction of sp³-hybridized carbons (Fsp3) is 0.894. The van der Waals surface area contributed by atoms with Gasteiger partial charge in [0.15, 0.2) is 18.9 Å². The summed E-state index contributed by atoms with van der Waals surface area (Å²) in [5.74, 6) is -23.6. The molecule has 6 aliphatic heterocycles. The highest BCUT2D eigenvalue weighted by molar-refractivity contribution is 5.79. The average Bonchev–Trinajstić information content (AvgIpc) is 0.796. The van der Waals surface area contributed by atoms with E-state index in [1.807, 2.05) is 0 Å². The van der Waals surface area contributed by atoms with Gasteiger partial charge in [-0.1, -0.05) is 206 Å². The van der Waals surface area contributed by atoms with E-state index in [4.69, 9.17) is 56.8 Å². The number of ketones is 1. The van der Waals surface area contributed by atoms with E-state index in [1.165, 1.54) is 128 Å². The number of rotatable bonds is 68. The highest BCUT2D eigenvalue weighted by Crippen LogP contribution is 2.45. The van der Waals surface area contributed by atoms with Gasteiger partial charge in [0.2, 0.25) is 23.6 Å². The molecule has 6 rings (SSSR count). The molecule has 6 heterocycles. The van der Waals surface area contributed by atoms with E-state index < -0.39 is 332 Å². The first-order valence-electron chi connectivity index (χ1n) is 50.1. The number of hydrogen-bond donors (Lipinski definition) is 26. The standard InChI is InChI=1S/C94H164N4O42/c1-7-9-11-13-15-17-19-21-22-23-24-25-26-28-30-32-34-36-38-40-68(114)98-57(58(109)39-37-35-33-31-29-27-20-18-16-14-12-10-8-2)51-129-87-78(121)77(120)80(66(49-103)131-87)133-88-79(122)85(81(67(50-104)132-88)134-86-56(41-52(3)105)72(115)74(117)63(46-100)130-86)140-94(91(127)128)44-61(112)71(97-55(6)108)84(139-94)76(119)65(48-102)136-93(90(125)126)43-60(111)70(96-54(5)107)83(138-93)75(118)64(47-101)135-92(89(123)124)42-59(110)69(95-53(4)106)82(137-92)73(116)62(113)45-99/h37,39,56-67,69-88,99-104,109-113,115-122H,7-36,38,40-51H2,1-6H3,(H,95,106)(H,96,107)(H,97,108)(H,98,114)(H,123,124)(H,125,126)(H,127,128)/b39-37-/t56-,57+,58-,59+,60+,61+,62-,63-,64-,65-,66-,67-,69-,70-,71-,72-,73-,74+,75-,76-,77-,78-,79-,80-,81+,82?,83?,84?,85-,86+,87-,88+,92-,93-,94+/m1/s1. The summed E-state index contributed by atoms with van der Waals surface area (Å²) in [4.78, 5) is 107. The third-order valence-corrected chi connectivity index (χ3v) is 26.8. The van der Waals surface area contributed by atoms with E-state index in [-0.39, 0.29) is 6.42 Å². The Labute approximate surface area is 816 Å². The number of carboxylic acid groups (broad SMARTS) is 3. The number of ether oxygens (including phenoxy) is 12. The van der Waals surface area contributed by atoms with Gasteiger partial charge in [-0.25, -0.2) is 14.4 Å². The van der Waals surface area contributed by atoms with Crippen LogP contribution in [0.15, 0.2) is 12.2 Å². The van der Waals surface area contributed by atoms with Crippen LogP contribution in [0.2, 0.25) is 0 Å². The zero-order valence-electron chi connectivity index (χ0n) is 81.5. The summed E-state index contributed by atoms with van der Waals surface area (Å²) in [5.41, 5.74) is 0. The molecule has 0 saturated carbocycles. The second-order valence-corrected chi connectivity index (χ2v) is 38.2. The fourth-order valence-electron chi connectivity index (χ4n) is 19.0. The number of amides is 4. The van der Waals surface area contributed by atoms with Crippen LogP contribution < -0.4 is 21.3 Å². The molecule has 46 heteroatoms. The molecule has 26 N–H and O–H groups in total. The van der Waals surface area contributed by atoms with Crippen LogP contribution in [0.1, 0.15) is 273 Å². The topological polar surface area (TPSA) is 741 Å². The predicted molar refractivity (Wildman–Crippen MR) is 488 cm³/mol. The molecule has 35 atom stereocenters. The Morgan fingerprint density at radius 1 is 0.407 bits per heavy atom. The van der Waals surface area contributed by atoms with Crippen molar-refractivity contribution < 1.29 is 208 Å². The number of carboxylic acids is 3. The molecule has 0 aromatic carbocycles. The van der Waals surface area contributed by atoms with Crippen molar-refractivity contribution >= 4 is 47.3 Å². The van der Waals surface area contributed by atoms with Crippen LogP contribution in [0.3, 0.4) is 0 Å². The van der Waals surface area contributed by atoms with Gasteiger partial charge in [-0.05, 0) is 26.2 Å². The molecule has 140 heavy (non-hydrogen) atoms. The number of hydrogen-bond acceptors (Lipinski definition) is 39. The van der Waals surface area contributed by atoms with Crippen molar-refractivity contribution in [3.8, 4) is 0 Å². The zero-order chi connectivity index (χ0) is 104. The Kier molecular flexibility index (Phi) is 55.0. The molecule has 0 spiro atoms. The van der Waals surface area contributed by atoms with Crippen molar-refractivity contribution in [2.24, 2.45) is 5.92 Å². The van der Waals surface area contributed by atoms with E-state index >= 15 is 0 Å². The average molecular weight is 2020 g/mol. The smallest absolute Gasteiger partial charge is 0.364 e. The van der Waals surface area contributed by atoms with Gasteiger partial charge in [0, 0.05) is 58.8 Å². The lowest BCUT2D eigenvalue weighted by Crippen LogP contribution is -2.72. The van der Waals surface area contributed by atoms with Crippen LogP contribution in [0.5, 0.6) is 0 Å². The maximum absolute atomic E-state index is 14.5. The van der Waals surface area contributed by atoms with Crippen LogP contribution in [0.25, 0.3) is 0 Å². The molecule has 0 radical (unpaired) electrons. The minimum atomic E-state index is -3.71. The molecule has 3 unspecified atom stereocenters. The van der Waals surface area contributed by atoms with Gasteiger partial charge >= 0.3 is 17.9 Å². The first-order chi connectivity index (χ1) is 66.6. The molecule has 0 aromatic rings. The summed E-state index contributed by atoms with van der Waals surface area (Å²) in [6, 6.07) is -7.29. The highest BCUT2D eigenvalue weighted by Gasteiger charge is 2.65. The van der Waals surface area contributed by atoms with E-state index in [1.54, 1.807) is 6.08 Å². The minimum absolute atomic E-state index is 0.0835. The quantitative estimate of drug-likeness (QED) is 0.0234. The van der Waals surface area contributed by atoms with Crippen molar-refractivity contribution in [3.05, 3.63) is 12.2 Å². The Morgan fingerprint density at radius 3 is 1.17 bits per heavy atom. The second-order valence-electron chi connectivity index (χ2n) is 38.2. The molecule has 812 valence electrons. The lowest BCUT2D eigenvalue weighted by atomic mass is 9.86. The van der Waals surface area contributed by atoms with Crippen molar-refractivity contribution in [3.63, 3.8) is 0 Å². The Balaban J connectivity index is 1.29. The van der Waals surface area contributed by atoms with Crippen LogP contribution in [-0.4, -0.2) is 413 Å². The number of Topliss-reactive ketones (excluding diaryl/α,β-unsaturated/α-hetero) is 1. The molecule has 6 aliphatic rings. The minimum Gasteiger partial charge on any atom is -0.477 e. The number of allylic oxidation sites excluding steroid dienone is 1. The second kappa shape index (κ2) is 62.6. The van der Waals surface area contributed by atoms with Crippen LogP contribution >= 0.6 is 0 Å². The number of carbonyl (C=O) groups excluding carboxylic acids is 5. The van der Waals surface area contributed by atoms with Gasteiger partial charge in [0.1, 0.15) is 122 Å². The van der Waals surface area contributed by atoms with E-state index in [0.29, 0.717) is 12.8 Å². The highest BCUT2D eigenvalue weighted by atomic mass is 16.8. The lowest BCUT2D eigenvalue weighted by molar-refractivity contribution is -0.404. The number of aliphatic carboxylic acids is 3. The predicted octanol–water partition coefficient (Wildman–Crippen LogP) is -1.87. The molecule has 0 aromatic heterocycles. The number of nitrogens with one attached hydrogen (secondary N) is 4. The van der Waals surface area contributed by atoms with Crippen molar-refractivity contribution in [1.29, 1.82) is 0 Å². The Hall–Kier alpha value is -5.54. The van der Waals surface area contributed by atoms with Gasteiger partial charge < -0.3 is 195 Å². The van der Waals surface area contributed by atoms with Crippen molar-refractivity contribution in [1.82, 2.24) is 21.3 Å². The number of unbranched alkanes of at least 4 members (excludes halogenated alkanes) is 29. The number of aliphatic hydroxyl groups is 19. The summed E-state index contributed by atoms with van der Waals surface area (Å²) >= 11 is 0. The summed E-state index contributed by atoms with van der Waals surface area (Å²) in [7, 11) is 0. The number of carbonyl (C=O) groups is 8. The third kappa shape index (κ3) is 36.5. The molecule has 4 amide bonds. The van der Waals surface area contributed by atoms with E-state index in [9.17, 15) is 151 Å². The van der Waals surface area contributed by atoms with Gasteiger partial charge in [0.25, 0.3) is 17.4 Å². The van der Waals surface area contributed by atoms with Gasteiger partial charge in [-0.3, -0.25) is 19.2 Å². The van der Waals surface area contributed by atoms with Crippen LogP contribution in [-0.2, 0) is 95.2 Å². The maximum Gasteiger partial charge on any atom is 0.364 e. The summed E-state index contributed by atoms with van der Waals surface area (Å²) in [6.45, 7) is -0.570. The van der Waals surface area contributed by atoms with Crippen LogP contribution in [0, 0.1) is 5.92 Å². The van der Waals surface area contributed by atoms with Crippen molar-refractivity contribution in [2.75, 3.05) is 46.2 Å². The van der Waals surface area contributed by atoms with Gasteiger partial charge in [0.05, 0.1) is 101 Å². The Morgan fingerprint density at radius 2 is 0.779 bits per heavy atom. The van der Waals surface area contributed by atoms with Crippen molar-refractivity contribution in [2.45, 2.75) is 480 Å². The number of aliphatic hydroxyl groups excluding tert-OH is 19.